The van der Waals surface area contributed by atoms with Crippen LogP contribution in [0.5, 0.6) is 0 Å². The molecular weight excluding hydrogens is 252 g/mol. The van der Waals surface area contributed by atoms with Crippen LogP contribution in [0.25, 0.3) is 0 Å². The van der Waals surface area contributed by atoms with Gasteiger partial charge in [-0.1, -0.05) is 6.42 Å². The molecular formula is C13H18O6. The van der Waals surface area contributed by atoms with E-state index in [1.54, 1.807) is 0 Å². The number of cyclic esters (lactones) is 1. The zero-order chi connectivity index (χ0) is 14.4. The second-order valence-electron chi connectivity index (χ2n) is 4.52. The Labute approximate surface area is 111 Å². The minimum absolute atomic E-state index is 0.152. The van der Waals surface area contributed by atoms with Crippen LogP contribution in [0.3, 0.4) is 0 Å². The van der Waals surface area contributed by atoms with Gasteiger partial charge in [-0.15, -0.1) is 0 Å². The monoisotopic (exact) mass is 270 g/mol. The third-order valence-corrected chi connectivity index (χ3v) is 3.07. The van der Waals surface area contributed by atoms with Gasteiger partial charge in [-0.05, 0) is 19.8 Å². The van der Waals surface area contributed by atoms with Gasteiger partial charge in [0, 0.05) is 12.8 Å². The van der Waals surface area contributed by atoms with E-state index < -0.39 is 29.6 Å². The predicted octanol–water partition coefficient (Wildman–Crippen LogP) is 0.810. The quantitative estimate of drug-likeness (QED) is 0.386. The molecule has 0 aliphatic carbocycles. The third-order valence-electron chi connectivity index (χ3n) is 3.07. The van der Waals surface area contributed by atoms with E-state index in [1.807, 2.05) is 0 Å². The molecule has 1 fully saturated rings. The number of carbonyl (C=O) groups excluding carboxylic acids is 4. The Morgan fingerprint density at radius 1 is 1.16 bits per heavy atom. The molecule has 1 aliphatic rings. The fourth-order valence-electron chi connectivity index (χ4n) is 1.93. The normalized spacial score (nSPS) is 22.2. The van der Waals surface area contributed by atoms with E-state index in [0.717, 1.165) is 0 Å². The number of ketones is 2. The molecule has 1 saturated heterocycles. The molecule has 19 heavy (non-hydrogen) atoms. The van der Waals surface area contributed by atoms with Crippen molar-refractivity contribution in [2.75, 3.05) is 7.11 Å². The first-order valence-electron chi connectivity index (χ1n) is 6.31. The van der Waals surface area contributed by atoms with Crippen molar-refractivity contribution in [3.05, 3.63) is 0 Å². The molecule has 0 aromatic heterocycles. The minimum Gasteiger partial charge on any atom is -0.469 e. The summed E-state index contributed by atoms with van der Waals surface area (Å²) >= 11 is 0. The van der Waals surface area contributed by atoms with E-state index in [2.05, 4.69) is 4.74 Å². The van der Waals surface area contributed by atoms with Crippen LogP contribution in [-0.4, -0.2) is 36.7 Å². The Kier molecular flexibility index (Phi) is 5.66. The van der Waals surface area contributed by atoms with E-state index in [9.17, 15) is 19.2 Å². The maximum atomic E-state index is 11.8. The summed E-state index contributed by atoms with van der Waals surface area (Å²) in [6.07, 6.45) is 1.49. The fraction of sp³-hybridized carbons (Fsp3) is 0.692. The summed E-state index contributed by atoms with van der Waals surface area (Å²) in [6.45, 7) is 1.46. The maximum Gasteiger partial charge on any atom is 0.324 e. The SMILES string of the molecule is COC(=O)CCCCCC(=O)C1C(=O)OC(C)C1=O. The van der Waals surface area contributed by atoms with Crippen molar-refractivity contribution in [2.24, 2.45) is 5.92 Å². The molecule has 1 aliphatic heterocycles. The van der Waals surface area contributed by atoms with Gasteiger partial charge >= 0.3 is 11.9 Å². The second kappa shape index (κ2) is 7.01. The van der Waals surface area contributed by atoms with Crippen molar-refractivity contribution in [1.82, 2.24) is 0 Å². The van der Waals surface area contributed by atoms with E-state index in [4.69, 9.17) is 4.74 Å². The summed E-state index contributed by atoms with van der Waals surface area (Å²) in [5.74, 6) is -3.11. The smallest absolute Gasteiger partial charge is 0.324 e. The highest BCUT2D eigenvalue weighted by atomic mass is 16.6. The van der Waals surface area contributed by atoms with Crippen LogP contribution in [0.1, 0.15) is 39.0 Å². The Morgan fingerprint density at radius 2 is 1.79 bits per heavy atom. The van der Waals surface area contributed by atoms with Gasteiger partial charge < -0.3 is 9.47 Å². The predicted molar refractivity (Wildman–Crippen MR) is 64.2 cm³/mol. The van der Waals surface area contributed by atoms with Crippen molar-refractivity contribution in [2.45, 2.75) is 45.1 Å². The number of hydrogen-bond donors (Lipinski definition) is 0. The fourth-order valence-corrected chi connectivity index (χ4v) is 1.93. The summed E-state index contributed by atoms with van der Waals surface area (Å²) in [5, 5.41) is 0. The van der Waals surface area contributed by atoms with Crippen molar-refractivity contribution in [3.8, 4) is 0 Å². The van der Waals surface area contributed by atoms with Crippen LogP contribution in [0.2, 0.25) is 0 Å². The number of hydrogen-bond acceptors (Lipinski definition) is 6. The molecule has 2 atom stereocenters. The third kappa shape index (κ3) is 4.15. The Balaban J connectivity index is 2.26. The molecule has 6 nitrogen and oxygen atoms in total. The summed E-state index contributed by atoms with van der Waals surface area (Å²) in [6, 6.07) is 0. The number of carbonyl (C=O) groups is 4. The lowest BCUT2D eigenvalue weighted by molar-refractivity contribution is -0.146. The molecule has 0 aromatic rings. The van der Waals surface area contributed by atoms with Gasteiger partial charge in [0.25, 0.3) is 0 Å². The number of ether oxygens (including phenoxy) is 2. The summed E-state index contributed by atoms with van der Waals surface area (Å²) in [4.78, 5) is 45.5. The molecule has 0 radical (unpaired) electrons. The van der Waals surface area contributed by atoms with Crippen LogP contribution < -0.4 is 0 Å². The number of Topliss-reactive ketones (excluding diaryl/α,β-unsaturated/α-hetero) is 2. The Hall–Kier alpha value is -1.72. The molecule has 2 unspecified atom stereocenters. The summed E-state index contributed by atoms with van der Waals surface area (Å²) in [7, 11) is 1.32. The van der Waals surface area contributed by atoms with E-state index >= 15 is 0 Å². The van der Waals surface area contributed by atoms with Crippen molar-refractivity contribution in [1.29, 1.82) is 0 Å². The molecule has 0 amide bonds. The average molecular weight is 270 g/mol. The minimum atomic E-state index is -1.24. The van der Waals surface area contributed by atoms with Gasteiger partial charge in [0.2, 0.25) is 0 Å². The summed E-state index contributed by atoms with van der Waals surface area (Å²) in [5.41, 5.74) is 0. The van der Waals surface area contributed by atoms with Gasteiger partial charge in [-0.25, -0.2) is 0 Å². The highest BCUT2D eigenvalue weighted by molar-refractivity contribution is 6.21. The van der Waals surface area contributed by atoms with Crippen molar-refractivity contribution in [3.63, 3.8) is 0 Å². The standard InChI is InChI=1S/C13H18O6/c1-8-12(16)11(13(17)19-8)9(14)6-4-3-5-7-10(15)18-2/h8,11H,3-7H2,1-2H3. The van der Waals surface area contributed by atoms with E-state index in [1.165, 1.54) is 14.0 Å². The van der Waals surface area contributed by atoms with Gasteiger partial charge in [0.1, 0.15) is 0 Å². The molecule has 0 bridgehead atoms. The summed E-state index contributed by atoms with van der Waals surface area (Å²) < 4.78 is 9.20. The molecule has 1 heterocycles. The number of rotatable bonds is 7. The Bertz CT molecular complexity index is 387. The lowest BCUT2D eigenvalue weighted by Crippen LogP contribution is -2.27. The van der Waals surface area contributed by atoms with E-state index in [-0.39, 0.29) is 12.4 Å². The largest absolute Gasteiger partial charge is 0.469 e. The van der Waals surface area contributed by atoms with Gasteiger partial charge in [0.15, 0.2) is 23.6 Å². The highest BCUT2D eigenvalue weighted by Gasteiger charge is 2.44. The molecule has 0 saturated carbocycles. The first kappa shape index (κ1) is 15.3. The van der Waals surface area contributed by atoms with Crippen molar-refractivity contribution >= 4 is 23.5 Å². The second-order valence-corrected chi connectivity index (χ2v) is 4.52. The lowest BCUT2D eigenvalue weighted by atomic mass is 9.95. The van der Waals surface area contributed by atoms with E-state index in [0.29, 0.717) is 25.7 Å². The zero-order valence-corrected chi connectivity index (χ0v) is 11.1. The molecule has 6 heteroatoms. The Morgan fingerprint density at radius 3 is 2.32 bits per heavy atom. The topological polar surface area (TPSA) is 86.7 Å². The number of esters is 2. The van der Waals surface area contributed by atoms with Crippen LogP contribution in [0, 0.1) is 5.92 Å². The first-order valence-corrected chi connectivity index (χ1v) is 6.31. The lowest BCUT2D eigenvalue weighted by Gasteiger charge is -2.03. The molecule has 0 aromatic carbocycles. The van der Waals surface area contributed by atoms with Gasteiger partial charge in [-0.3, -0.25) is 19.2 Å². The molecule has 106 valence electrons. The number of methoxy groups -OCH3 is 1. The van der Waals surface area contributed by atoms with Gasteiger partial charge in [0.05, 0.1) is 7.11 Å². The van der Waals surface area contributed by atoms with Gasteiger partial charge in [-0.2, -0.15) is 0 Å². The first-order chi connectivity index (χ1) is 8.97. The van der Waals surface area contributed by atoms with Crippen LogP contribution in [0.4, 0.5) is 0 Å². The van der Waals surface area contributed by atoms with Crippen LogP contribution in [-0.2, 0) is 28.7 Å². The maximum absolute atomic E-state index is 11.8. The van der Waals surface area contributed by atoms with Crippen LogP contribution in [0.15, 0.2) is 0 Å². The molecule has 0 N–H and O–H groups in total. The number of unbranched alkanes of at least 4 members (excludes halogenated alkanes) is 2. The molecule has 1 rings (SSSR count). The average Bonchev–Trinajstić information content (AvgIpc) is 2.62. The van der Waals surface area contributed by atoms with Crippen LogP contribution >= 0.6 is 0 Å². The van der Waals surface area contributed by atoms with Crippen molar-refractivity contribution < 1.29 is 28.7 Å². The molecule has 0 spiro atoms. The highest BCUT2D eigenvalue weighted by Crippen LogP contribution is 2.20. The zero-order valence-electron chi connectivity index (χ0n) is 11.1.